The standard InChI is InChI=1S/C13H28N2O/c1-11(2)12-5-7-15(8-6-12)9-13(14-3)10-16-4/h11-14H,5-10H2,1-4H3. The summed E-state index contributed by atoms with van der Waals surface area (Å²) in [5, 5.41) is 3.32. The second kappa shape index (κ2) is 7.25. The van der Waals surface area contributed by atoms with E-state index in [4.69, 9.17) is 4.74 Å². The third kappa shape index (κ3) is 4.40. The van der Waals surface area contributed by atoms with Gasteiger partial charge in [0.15, 0.2) is 0 Å². The molecule has 0 aromatic heterocycles. The predicted octanol–water partition coefficient (Wildman–Crippen LogP) is 1.59. The van der Waals surface area contributed by atoms with Gasteiger partial charge in [0.05, 0.1) is 6.61 Å². The molecule has 96 valence electrons. The van der Waals surface area contributed by atoms with Crippen LogP contribution in [0.25, 0.3) is 0 Å². The van der Waals surface area contributed by atoms with E-state index >= 15 is 0 Å². The molecule has 0 saturated carbocycles. The van der Waals surface area contributed by atoms with E-state index in [9.17, 15) is 0 Å². The summed E-state index contributed by atoms with van der Waals surface area (Å²) in [5.41, 5.74) is 0. The fourth-order valence-corrected chi connectivity index (χ4v) is 2.54. The van der Waals surface area contributed by atoms with Crippen LogP contribution in [-0.4, -0.2) is 51.3 Å². The molecule has 0 spiro atoms. The van der Waals surface area contributed by atoms with E-state index in [2.05, 4.69) is 24.1 Å². The Balaban J connectivity index is 2.25. The Morgan fingerprint density at radius 2 is 1.94 bits per heavy atom. The number of likely N-dealkylation sites (N-methyl/N-ethyl adjacent to an activating group) is 1. The molecule has 1 rings (SSSR count). The average molecular weight is 228 g/mol. The largest absolute Gasteiger partial charge is 0.383 e. The number of piperidine rings is 1. The Labute approximate surface area is 101 Å². The summed E-state index contributed by atoms with van der Waals surface area (Å²) < 4.78 is 5.21. The fourth-order valence-electron chi connectivity index (χ4n) is 2.54. The minimum Gasteiger partial charge on any atom is -0.383 e. The lowest BCUT2D eigenvalue weighted by molar-refractivity contribution is 0.112. The first-order chi connectivity index (χ1) is 7.67. The molecule has 1 fully saturated rings. The minimum absolute atomic E-state index is 0.473. The van der Waals surface area contributed by atoms with Gasteiger partial charge >= 0.3 is 0 Å². The molecule has 0 amide bonds. The van der Waals surface area contributed by atoms with Gasteiger partial charge < -0.3 is 15.0 Å². The van der Waals surface area contributed by atoms with Crippen LogP contribution in [0.3, 0.4) is 0 Å². The number of methoxy groups -OCH3 is 1. The summed E-state index contributed by atoms with van der Waals surface area (Å²) in [6.45, 7) is 9.13. The zero-order valence-electron chi connectivity index (χ0n) is 11.3. The molecule has 16 heavy (non-hydrogen) atoms. The number of ether oxygens (including phenoxy) is 1. The molecule has 3 heteroatoms. The molecule has 1 heterocycles. The van der Waals surface area contributed by atoms with Gasteiger partial charge in [0, 0.05) is 19.7 Å². The second-order valence-electron chi connectivity index (χ2n) is 5.32. The maximum absolute atomic E-state index is 5.21. The monoisotopic (exact) mass is 228 g/mol. The van der Waals surface area contributed by atoms with Crippen LogP contribution in [-0.2, 0) is 4.74 Å². The van der Waals surface area contributed by atoms with Gasteiger partial charge in [-0.2, -0.15) is 0 Å². The van der Waals surface area contributed by atoms with Crippen molar-refractivity contribution in [3.8, 4) is 0 Å². The van der Waals surface area contributed by atoms with Gasteiger partial charge in [-0.15, -0.1) is 0 Å². The van der Waals surface area contributed by atoms with Crippen molar-refractivity contribution in [1.82, 2.24) is 10.2 Å². The lowest BCUT2D eigenvalue weighted by Crippen LogP contribution is -2.45. The molecule has 0 aliphatic carbocycles. The summed E-state index contributed by atoms with van der Waals surface area (Å²) in [5.74, 6) is 1.79. The first kappa shape index (κ1) is 13.9. The van der Waals surface area contributed by atoms with E-state index in [0.29, 0.717) is 6.04 Å². The molecular formula is C13H28N2O. The van der Waals surface area contributed by atoms with Gasteiger partial charge in [0.2, 0.25) is 0 Å². The van der Waals surface area contributed by atoms with Crippen LogP contribution in [0.4, 0.5) is 0 Å². The van der Waals surface area contributed by atoms with Gasteiger partial charge in [0.25, 0.3) is 0 Å². The molecule has 0 bridgehead atoms. The Hall–Kier alpha value is -0.120. The fraction of sp³-hybridized carbons (Fsp3) is 1.00. The van der Waals surface area contributed by atoms with Crippen LogP contribution in [0.1, 0.15) is 26.7 Å². The third-order valence-corrected chi connectivity index (χ3v) is 3.83. The minimum atomic E-state index is 0.473. The highest BCUT2D eigenvalue weighted by molar-refractivity contribution is 4.77. The van der Waals surface area contributed by atoms with Crippen LogP contribution in [0.2, 0.25) is 0 Å². The van der Waals surface area contributed by atoms with Crippen molar-refractivity contribution in [2.45, 2.75) is 32.7 Å². The number of hydrogen-bond acceptors (Lipinski definition) is 3. The quantitative estimate of drug-likeness (QED) is 0.747. The zero-order valence-corrected chi connectivity index (χ0v) is 11.3. The van der Waals surface area contributed by atoms with Crippen molar-refractivity contribution < 1.29 is 4.74 Å². The average Bonchev–Trinajstić information content (AvgIpc) is 2.29. The Kier molecular flexibility index (Phi) is 6.32. The van der Waals surface area contributed by atoms with E-state index < -0.39 is 0 Å². The molecule has 0 radical (unpaired) electrons. The highest BCUT2D eigenvalue weighted by Gasteiger charge is 2.22. The Morgan fingerprint density at radius 1 is 1.31 bits per heavy atom. The summed E-state index contributed by atoms with van der Waals surface area (Å²) in [7, 11) is 3.79. The number of likely N-dealkylation sites (tertiary alicyclic amines) is 1. The maximum atomic E-state index is 5.21. The topological polar surface area (TPSA) is 24.5 Å². The predicted molar refractivity (Wildman–Crippen MR) is 68.7 cm³/mol. The summed E-state index contributed by atoms with van der Waals surface area (Å²) in [6.07, 6.45) is 2.72. The number of hydrogen-bond donors (Lipinski definition) is 1. The Bertz CT molecular complexity index is 177. The van der Waals surface area contributed by atoms with Crippen molar-refractivity contribution in [1.29, 1.82) is 0 Å². The summed E-state index contributed by atoms with van der Waals surface area (Å²) >= 11 is 0. The van der Waals surface area contributed by atoms with Crippen molar-refractivity contribution in [2.75, 3.05) is 40.4 Å². The van der Waals surface area contributed by atoms with Gasteiger partial charge in [-0.05, 0) is 44.8 Å². The third-order valence-electron chi connectivity index (χ3n) is 3.83. The van der Waals surface area contributed by atoms with Crippen molar-refractivity contribution in [2.24, 2.45) is 11.8 Å². The molecule has 1 aliphatic heterocycles. The van der Waals surface area contributed by atoms with E-state index in [1.165, 1.54) is 25.9 Å². The zero-order chi connectivity index (χ0) is 12.0. The van der Waals surface area contributed by atoms with E-state index in [-0.39, 0.29) is 0 Å². The Morgan fingerprint density at radius 3 is 2.38 bits per heavy atom. The van der Waals surface area contributed by atoms with Gasteiger partial charge in [-0.3, -0.25) is 0 Å². The van der Waals surface area contributed by atoms with Crippen LogP contribution < -0.4 is 5.32 Å². The molecule has 1 unspecified atom stereocenters. The molecule has 1 saturated heterocycles. The smallest absolute Gasteiger partial charge is 0.0628 e. The van der Waals surface area contributed by atoms with Crippen LogP contribution in [0.5, 0.6) is 0 Å². The van der Waals surface area contributed by atoms with Crippen LogP contribution in [0, 0.1) is 11.8 Å². The van der Waals surface area contributed by atoms with E-state index in [0.717, 1.165) is 25.0 Å². The van der Waals surface area contributed by atoms with E-state index in [1.54, 1.807) is 7.11 Å². The lowest BCUT2D eigenvalue weighted by Gasteiger charge is -2.35. The van der Waals surface area contributed by atoms with Crippen LogP contribution in [0.15, 0.2) is 0 Å². The SMILES string of the molecule is CNC(COC)CN1CCC(C(C)C)CC1. The molecule has 1 aliphatic rings. The molecule has 0 aromatic rings. The molecule has 1 atom stereocenters. The highest BCUT2D eigenvalue weighted by Crippen LogP contribution is 2.24. The molecule has 0 aromatic carbocycles. The van der Waals surface area contributed by atoms with Crippen LogP contribution >= 0.6 is 0 Å². The summed E-state index contributed by atoms with van der Waals surface area (Å²) in [4.78, 5) is 2.57. The second-order valence-corrected chi connectivity index (χ2v) is 5.32. The first-order valence-electron chi connectivity index (χ1n) is 6.56. The molecular weight excluding hydrogens is 200 g/mol. The summed E-state index contributed by atoms with van der Waals surface area (Å²) in [6, 6.07) is 0.473. The lowest BCUT2D eigenvalue weighted by atomic mass is 9.86. The highest BCUT2D eigenvalue weighted by atomic mass is 16.5. The van der Waals surface area contributed by atoms with Gasteiger partial charge in [0.1, 0.15) is 0 Å². The van der Waals surface area contributed by atoms with Gasteiger partial charge in [-0.1, -0.05) is 13.8 Å². The molecule has 1 N–H and O–H groups in total. The van der Waals surface area contributed by atoms with E-state index in [1.807, 2.05) is 7.05 Å². The normalized spacial score (nSPS) is 21.6. The maximum Gasteiger partial charge on any atom is 0.0628 e. The first-order valence-corrected chi connectivity index (χ1v) is 6.56. The number of nitrogens with zero attached hydrogens (tertiary/aromatic N) is 1. The van der Waals surface area contributed by atoms with Crippen molar-refractivity contribution in [3.63, 3.8) is 0 Å². The molecule has 3 nitrogen and oxygen atoms in total. The van der Waals surface area contributed by atoms with Gasteiger partial charge in [-0.25, -0.2) is 0 Å². The van der Waals surface area contributed by atoms with Crippen molar-refractivity contribution >= 4 is 0 Å². The number of nitrogens with one attached hydrogen (secondary N) is 1. The van der Waals surface area contributed by atoms with Crippen molar-refractivity contribution in [3.05, 3.63) is 0 Å². The number of rotatable bonds is 6.